The standard InChI is InChI=1S/C20H28N4O2/c1-5-6-17(15(2)3)26-18-13-16(4)22-19(23-18)24-10-7-20(8-11-24)14-21-9-12-25-20/h5-6,13,21H,1-2,7-12,14H2,3-4H3/b17-6+. The summed E-state index contributed by atoms with van der Waals surface area (Å²) < 4.78 is 12.0. The maximum atomic E-state index is 6.06. The summed E-state index contributed by atoms with van der Waals surface area (Å²) in [7, 11) is 0. The van der Waals surface area contributed by atoms with E-state index in [9.17, 15) is 0 Å². The summed E-state index contributed by atoms with van der Waals surface area (Å²) in [5.74, 6) is 1.89. The van der Waals surface area contributed by atoms with Gasteiger partial charge in [-0.2, -0.15) is 4.98 Å². The molecule has 0 amide bonds. The first-order valence-corrected chi connectivity index (χ1v) is 9.13. The second-order valence-corrected chi connectivity index (χ2v) is 6.99. The molecule has 1 N–H and O–H groups in total. The molecule has 6 heteroatoms. The third-order valence-corrected chi connectivity index (χ3v) is 4.82. The monoisotopic (exact) mass is 356 g/mol. The number of nitrogens with zero attached hydrogens (tertiary/aromatic N) is 3. The highest BCUT2D eigenvalue weighted by Crippen LogP contribution is 2.30. The highest BCUT2D eigenvalue weighted by molar-refractivity contribution is 5.37. The van der Waals surface area contributed by atoms with Gasteiger partial charge in [0.2, 0.25) is 11.8 Å². The fraction of sp³-hybridized carbons (Fsp3) is 0.500. The molecule has 1 spiro atoms. The van der Waals surface area contributed by atoms with Crippen molar-refractivity contribution in [1.82, 2.24) is 15.3 Å². The third kappa shape index (κ3) is 4.31. The summed E-state index contributed by atoms with van der Waals surface area (Å²) in [5, 5.41) is 3.44. The molecule has 0 atom stereocenters. The minimum absolute atomic E-state index is 0.0300. The van der Waals surface area contributed by atoms with E-state index in [-0.39, 0.29) is 5.60 Å². The molecular weight excluding hydrogens is 328 g/mol. The predicted octanol–water partition coefficient (Wildman–Crippen LogP) is 2.77. The maximum absolute atomic E-state index is 6.06. The highest BCUT2D eigenvalue weighted by atomic mass is 16.5. The van der Waals surface area contributed by atoms with Gasteiger partial charge in [-0.3, -0.25) is 0 Å². The highest BCUT2D eigenvalue weighted by Gasteiger charge is 2.37. The van der Waals surface area contributed by atoms with Crippen molar-refractivity contribution < 1.29 is 9.47 Å². The Kier molecular flexibility index (Phi) is 5.74. The Hall–Kier alpha value is -2.18. The van der Waals surface area contributed by atoms with Gasteiger partial charge in [0.15, 0.2) is 0 Å². The van der Waals surface area contributed by atoms with E-state index in [1.165, 1.54) is 0 Å². The number of hydrogen-bond donors (Lipinski definition) is 1. The van der Waals surface area contributed by atoms with Gasteiger partial charge in [-0.05, 0) is 38.3 Å². The van der Waals surface area contributed by atoms with Gasteiger partial charge >= 0.3 is 0 Å². The molecule has 26 heavy (non-hydrogen) atoms. The zero-order chi connectivity index (χ0) is 18.6. The van der Waals surface area contributed by atoms with Gasteiger partial charge in [0.05, 0.1) is 12.2 Å². The Bertz CT molecular complexity index is 698. The van der Waals surface area contributed by atoms with Crippen molar-refractivity contribution in [2.45, 2.75) is 32.3 Å². The molecule has 2 fully saturated rings. The van der Waals surface area contributed by atoms with Crippen molar-refractivity contribution >= 4 is 5.95 Å². The molecule has 3 heterocycles. The van der Waals surface area contributed by atoms with Crippen LogP contribution in [0.4, 0.5) is 5.95 Å². The molecule has 0 bridgehead atoms. The molecule has 3 rings (SSSR count). The van der Waals surface area contributed by atoms with Gasteiger partial charge in [0.1, 0.15) is 5.76 Å². The average molecular weight is 356 g/mol. The van der Waals surface area contributed by atoms with Crippen molar-refractivity contribution in [3.63, 3.8) is 0 Å². The quantitative estimate of drug-likeness (QED) is 0.647. The zero-order valence-electron chi connectivity index (χ0n) is 15.8. The molecule has 0 aromatic carbocycles. The molecule has 140 valence electrons. The summed E-state index contributed by atoms with van der Waals surface area (Å²) in [4.78, 5) is 11.4. The van der Waals surface area contributed by atoms with Gasteiger partial charge in [-0.1, -0.05) is 19.2 Å². The molecule has 2 aliphatic rings. The van der Waals surface area contributed by atoms with E-state index in [1.807, 2.05) is 19.9 Å². The van der Waals surface area contributed by atoms with Crippen molar-refractivity contribution in [3.05, 3.63) is 48.4 Å². The number of anilines is 1. The lowest BCUT2D eigenvalue weighted by Crippen LogP contribution is -2.55. The molecule has 2 aliphatic heterocycles. The molecule has 0 radical (unpaired) electrons. The Labute approximate surface area is 155 Å². The number of nitrogens with one attached hydrogen (secondary N) is 1. The minimum Gasteiger partial charge on any atom is -0.439 e. The normalized spacial score (nSPS) is 20.1. The van der Waals surface area contributed by atoms with Crippen LogP contribution in [0.2, 0.25) is 0 Å². The first-order valence-electron chi connectivity index (χ1n) is 9.13. The lowest BCUT2D eigenvalue weighted by Gasteiger charge is -2.44. The Morgan fingerprint density at radius 1 is 1.38 bits per heavy atom. The molecule has 0 aliphatic carbocycles. The molecule has 6 nitrogen and oxygen atoms in total. The number of rotatable bonds is 5. The van der Waals surface area contributed by atoms with Gasteiger partial charge in [0.25, 0.3) is 0 Å². The van der Waals surface area contributed by atoms with E-state index in [1.54, 1.807) is 12.2 Å². The summed E-state index contributed by atoms with van der Waals surface area (Å²) in [6.07, 6.45) is 5.42. The summed E-state index contributed by atoms with van der Waals surface area (Å²) in [5.41, 5.74) is 1.67. The van der Waals surface area contributed by atoms with Crippen LogP contribution in [-0.2, 0) is 4.74 Å². The molecule has 1 aromatic rings. The molecular formula is C20H28N4O2. The second kappa shape index (κ2) is 8.01. The van der Waals surface area contributed by atoms with Crippen LogP contribution in [0.3, 0.4) is 0 Å². The van der Waals surface area contributed by atoms with E-state index >= 15 is 0 Å². The number of piperidine rings is 1. The van der Waals surface area contributed by atoms with Gasteiger partial charge in [-0.25, -0.2) is 4.98 Å². The lowest BCUT2D eigenvalue weighted by atomic mass is 9.90. The number of morpholine rings is 1. The van der Waals surface area contributed by atoms with E-state index < -0.39 is 0 Å². The van der Waals surface area contributed by atoms with Crippen LogP contribution < -0.4 is 15.0 Å². The Morgan fingerprint density at radius 2 is 2.15 bits per heavy atom. The van der Waals surface area contributed by atoms with Crippen LogP contribution in [0, 0.1) is 6.92 Å². The lowest BCUT2D eigenvalue weighted by molar-refractivity contribution is -0.0801. The van der Waals surface area contributed by atoms with Gasteiger partial charge in [0, 0.05) is 37.9 Å². The van der Waals surface area contributed by atoms with Crippen molar-refractivity contribution in [2.75, 3.05) is 37.7 Å². The largest absolute Gasteiger partial charge is 0.439 e. The van der Waals surface area contributed by atoms with Crippen molar-refractivity contribution in [1.29, 1.82) is 0 Å². The SMILES string of the molecule is C=C/C=C(/Oc1cc(C)nc(N2CCC3(CC2)CNCCO3)n1)C(=C)C. The van der Waals surface area contributed by atoms with Crippen LogP contribution in [0.15, 0.2) is 42.7 Å². The van der Waals surface area contributed by atoms with Crippen molar-refractivity contribution in [2.24, 2.45) is 0 Å². The number of ether oxygens (including phenoxy) is 2. The fourth-order valence-electron chi connectivity index (χ4n) is 3.34. The number of hydrogen-bond acceptors (Lipinski definition) is 6. The van der Waals surface area contributed by atoms with E-state index in [0.29, 0.717) is 17.6 Å². The fourth-order valence-corrected chi connectivity index (χ4v) is 3.34. The molecule has 0 unspecified atom stereocenters. The topological polar surface area (TPSA) is 59.5 Å². The molecule has 1 aromatic heterocycles. The van der Waals surface area contributed by atoms with Crippen LogP contribution in [0.1, 0.15) is 25.5 Å². The zero-order valence-corrected chi connectivity index (χ0v) is 15.8. The number of allylic oxidation sites excluding steroid dienone is 3. The summed E-state index contributed by atoms with van der Waals surface area (Å²) >= 11 is 0. The van der Waals surface area contributed by atoms with Gasteiger partial charge < -0.3 is 19.7 Å². The van der Waals surface area contributed by atoms with Crippen LogP contribution in [0.5, 0.6) is 5.88 Å². The van der Waals surface area contributed by atoms with E-state index in [2.05, 4.69) is 33.3 Å². The first kappa shape index (κ1) is 18.6. The van der Waals surface area contributed by atoms with Crippen LogP contribution in [0.25, 0.3) is 0 Å². The average Bonchev–Trinajstić information content (AvgIpc) is 2.62. The smallest absolute Gasteiger partial charge is 0.228 e. The number of aryl methyl sites for hydroxylation is 1. The van der Waals surface area contributed by atoms with E-state index in [0.717, 1.165) is 56.9 Å². The van der Waals surface area contributed by atoms with Crippen molar-refractivity contribution in [3.8, 4) is 5.88 Å². The molecule has 0 saturated carbocycles. The van der Waals surface area contributed by atoms with Crippen LogP contribution >= 0.6 is 0 Å². The number of aromatic nitrogens is 2. The first-order chi connectivity index (χ1) is 12.5. The Morgan fingerprint density at radius 3 is 2.77 bits per heavy atom. The van der Waals surface area contributed by atoms with Gasteiger partial charge in [-0.15, -0.1) is 0 Å². The second-order valence-electron chi connectivity index (χ2n) is 6.99. The minimum atomic E-state index is -0.0300. The summed E-state index contributed by atoms with van der Waals surface area (Å²) in [6.45, 7) is 15.9. The maximum Gasteiger partial charge on any atom is 0.228 e. The Balaban J connectivity index is 1.73. The molecule has 2 saturated heterocycles. The van der Waals surface area contributed by atoms with E-state index in [4.69, 9.17) is 9.47 Å². The predicted molar refractivity (Wildman–Crippen MR) is 103 cm³/mol. The third-order valence-electron chi connectivity index (χ3n) is 4.82. The summed E-state index contributed by atoms with van der Waals surface area (Å²) in [6, 6.07) is 1.84. The van der Waals surface area contributed by atoms with Crippen LogP contribution in [-0.4, -0.2) is 48.4 Å².